The minimum Gasteiger partial charge on any atom is -0.490 e. The number of nitrogens with two attached hydrogens (primary N) is 1. The van der Waals surface area contributed by atoms with Gasteiger partial charge >= 0.3 is 0 Å². The molecule has 0 aliphatic rings. The molecule has 0 amide bonds. The largest absolute Gasteiger partial charge is 0.490 e. The summed E-state index contributed by atoms with van der Waals surface area (Å²) in [7, 11) is 0. The lowest BCUT2D eigenvalue weighted by Crippen LogP contribution is -2.09. The van der Waals surface area contributed by atoms with Crippen LogP contribution in [0.3, 0.4) is 0 Å². The molecule has 0 spiro atoms. The van der Waals surface area contributed by atoms with Crippen molar-refractivity contribution in [3.63, 3.8) is 0 Å². The van der Waals surface area contributed by atoms with Gasteiger partial charge < -0.3 is 10.5 Å². The van der Waals surface area contributed by atoms with E-state index in [2.05, 4.69) is 6.92 Å². The molecule has 0 heterocycles. The second-order valence-electron chi connectivity index (χ2n) is 3.65. The summed E-state index contributed by atoms with van der Waals surface area (Å²) in [6, 6.07) is 4.64. The Balaban J connectivity index is 2.82. The van der Waals surface area contributed by atoms with E-state index in [0.717, 1.165) is 18.4 Å². The highest BCUT2D eigenvalue weighted by atomic mass is 19.1. The summed E-state index contributed by atoms with van der Waals surface area (Å²) >= 11 is 0. The van der Waals surface area contributed by atoms with E-state index in [0.29, 0.717) is 12.4 Å². The Morgan fingerprint density at radius 1 is 1.47 bits per heavy atom. The van der Waals surface area contributed by atoms with E-state index in [1.165, 1.54) is 6.07 Å². The molecule has 1 aromatic rings. The van der Waals surface area contributed by atoms with E-state index in [-0.39, 0.29) is 11.9 Å². The molecular formula is C12H18FNO. The molecule has 84 valence electrons. The van der Waals surface area contributed by atoms with Crippen molar-refractivity contribution >= 4 is 0 Å². The predicted octanol–water partition coefficient (Wildman–Crippen LogP) is 3.02. The van der Waals surface area contributed by atoms with Crippen LogP contribution in [-0.4, -0.2) is 6.61 Å². The second-order valence-corrected chi connectivity index (χ2v) is 3.65. The van der Waals surface area contributed by atoms with Crippen LogP contribution in [0, 0.1) is 5.82 Å². The van der Waals surface area contributed by atoms with E-state index >= 15 is 0 Å². The fourth-order valence-electron chi connectivity index (χ4n) is 1.35. The molecule has 1 atom stereocenters. The van der Waals surface area contributed by atoms with Gasteiger partial charge in [0.15, 0.2) is 11.6 Å². The van der Waals surface area contributed by atoms with E-state index in [1.807, 2.05) is 6.92 Å². The van der Waals surface area contributed by atoms with Gasteiger partial charge in [-0.1, -0.05) is 25.5 Å². The maximum atomic E-state index is 13.5. The zero-order chi connectivity index (χ0) is 11.3. The van der Waals surface area contributed by atoms with Crippen molar-refractivity contribution in [1.82, 2.24) is 0 Å². The Morgan fingerprint density at radius 3 is 2.80 bits per heavy atom. The van der Waals surface area contributed by atoms with Crippen LogP contribution in [0.15, 0.2) is 18.2 Å². The van der Waals surface area contributed by atoms with Crippen LogP contribution in [0.5, 0.6) is 5.75 Å². The Kier molecular flexibility index (Phi) is 4.56. The number of hydrogen-bond donors (Lipinski definition) is 1. The molecule has 0 radical (unpaired) electrons. The summed E-state index contributed by atoms with van der Waals surface area (Å²) in [6.07, 6.45) is 1.95. The average Bonchev–Trinajstić information content (AvgIpc) is 2.20. The zero-order valence-corrected chi connectivity index (χ0v) is 9.29. The van der Waals surface area contributed by atoms with Crippen LogP contribution in [0.4, 0.5) is 4.39 Å². The van der Waals surface area contributed by atoms with E-state index < -0.39 is 0 Å². The highest BCUT2D eigenvalue weighted by molar-refractivity contribution is 5.36. The molecule has 0 aliphatic heterocycles. The molecule has 1 unspecified atom stereocenters. The summed E-state index contributed by atoms with van der Waals surface area (Å²) < 4.78 is 18.9. The quantitative estimate of drug-likeness (QED) is 0.760. The Hall–Kier alpha value is -1.09. The Morgan fingerprint density at radius 2 is 2.20 bits per heavy atom. The first kappa shape index (κ1) is 12.0. The fraction of sp³-hybridized carbons (Fsp3) is 0.500. The third-order valence-electron chi connectivity index (χ3n) is 2.23. The van der Waals surface area contributed by atoms with Crippen molar-refractivity contribution in [3.05, 3.63) is 29.6 Å². The summed E-state index contributed by atoms with van der Waals surface area (Å²) in [4.78, 5) is 0. The number of rotatable bonds is 5. The van der Waals surface area contributed by atoms with Crippen molar-refractivity contribution in [2.75, 3.05) is 6.61 Å². The summed E-state index contributed by atoms with van der Waals surface area (Å²) in [6.45, 7) is 4.43. The molecule has 0 fully saturated rings. The van der Waals surface area contributed by atoms with Crippen molar-refractivity contribution in [2.45, 2.75) is 32.7 Å². The minimum absolute atomic E-state index is 0.211. The summed E-state index contributed by atoms with van der Waals surface area (Å²) in [5, 5.41) is 0. The van der Waals surface area contributed by atoms with Gasteiger partial charge in [-0.05, 0) is 19.4 Å². The molecule has 2 N–H and O–H groups in total. The minimum atomic E-state index is -0.332. The van der Waals surface area contributed by atoms with Gasteiger partial charge in [0.25, 0.3) is 0 Å². The van der Waals surface area contributed by atoms with Crippen LogP contribution in [0.25, 0.3) is 0 Å². The number of ether oxygens (including phenoxy) is 1. The standard InChI is InChI=1S/C12H18FNO/c1-3-4-8-15-12-10(9(2)14)6-5-7-11(12)13/h5-7,9H,3-4,8,14H2,1-2H3. The number of unbranched alkanes of at least 4 members (excludes halogenated alkanes) is 1. The van der Waals surface area contributed by atoms with E-state index in [4.69, 9.17) is 10.5 Å². The number of benzene rings is 1. The van der Waals surface area contributed by atoms with Gasteiger partial charge in [-0.15, -0.1) is 0 Å². The van der Waals surface area contributed by atoms with Gasteiger partial charge in [0.1, 0.15) is 0 Å². The lowest BCUT2D eigenvalue weighted by molar-refractivity contribution is 0.289. The Labute approximate surface area is 90.2 Å². The van der Waals surface area contributed by atoms with Gasteiger partial charge in [-0.2, -0.15) is 0 Å². The molecule has 0 bridgehead atoms. The van der Waals surface area contributed by atoms with Crippen LogP contribution in [-0.2, 0) is 0 Å². The fourth-order valence-corrected chi connectivity index (χ4v) is 1.35. The lowest BCUT2D eigenvalue weighted by atomic mass is 10.1. The lowest BCUT2D eigenvalue weighted by Gasteiger charge is -2.14. The van der Waals surface area contributed by atoms with Crippen molar-refractivity contribution in [1.29, 1.82) is 0 Å². The second kappa shape index (κ2) is 5.71. The zero-order valence-electron chi connectivity index (χ0n) is 9.29. The van der Waals surface area contributed by atoms with Crippen LogP contribution in [0.1, 0.15) is 38.3 Å². The Bertz CT molecular complexity index is 312. The molecule has 1 rings (SSSR count). The third-order valence-corrected chi connectivity index (χ3v) is 2.23. The van der Waals surface area contributed by atoms with Crippen LogP contribution in [0.2, 0.25) is 0 Å². The molecule has 0 aliphatic carbocycles. The highest BCUT2D eigenvalue weighted by Crippen LogP contribution is 2.27. The monoisotopic (exact) mass is 211 g/mol. The summed E-state index contributed by atoms with van der Waals surface area (Å²) in [5.74, 6) is -0.0261. The molecule has 0 aromatic heterocycles. The SMILES string of the molecule is CCCCOc1c(F)cccc1C(C)N. The van der Waals surface area contributed by atoms with Gasteiger partial charge in [0, 0.05) is 11.6 Å². The predicted molar refractivity (Wildman–Crippen MR) is 59.4 cm³/mol. The van der Waals surface area contributed by atoms with Gasteiger partial charge in [0.2, 0.25) is 0 Å². The molecule has 0 saturated heterocycles. The normalized spacial score (nSPS) is 12.5. The molecular weight excluding hydrogens is 193 g/mol. The maximum absolute atomic E-state index is 13.5. The topological polar surface area (TPSA) is 35.2 Å². The first-order valence-electron chi connectivity index (χ1n) is 5.33. The van der Waals surface area contributed by atoms with Crippen LogP contribution >= 0.6 is 0 Å². The third kappa shape index (κ3) is 3.20. The van der Waals surface area contributed by atoms with Gasteiger partial charge in [-0.3, -0.25) is 0 Å². The number of halogens is 1. The van der Waals surface area contributed by atoms with Crippen molar-refractivity contribution < 1.29 is 9.13 Å². The maximum Gasteiger partial charge on any atom is 0.165 e. The first-order valence-corrected chi connectivity index (χ1v) is 5.33. The van der Waals surface area contributed by atoms with Crippen molar-refractivity contribution in [3.8, 4) is 5.75 Å². The number of hydrogen-bond acceptors (Lipinski definition) is 2. The van der Waals surface area contributed by atoms with E-state index in [9.17, 15) is 4.39 Å². The van der Waals surface area contributed by atoms with Gasteiger partial charge in [0.05, 0.1) is 6.61 Å². The van der Waals surface area contributed by atoms with E-state index in [1.54, 1.807) is 12.1 Å². The molecule has 1 aromatic carbocycles. The molecule has 3 heteroatoms. The van der Waals surface area contributed by atoms with Crippen molar-refractivity contribution in [2.24, 2.45) is 5.73 Å². The smallest absolute Gasteiger partial charge is 0.165 e. The average molecular weight is 211 g/mol. The molecule has 2 nitrogen and oxygen atoms in total. The summed E-state index contributed by atoms with van der Waals surface area (Å²) in [5.41, 5.74) is 6.47. The molecule has 0 saturated carbocycles. The highest BCUT2D eigenvalue weighted by Gasteiger charge is 2.12. The molecule has 15 heavy (non-hydrogen) atoms. The van der Waals surface area contributed by atoms with Crippen LogP contribution < -0.4 is 10.5 Å². The first-order chi connectivity index (χ1) is 7.16. The number of para-hydroxylation sites is 1. The van der Waals surface area contributed by atoms with Gasteiger partial charge in [-0.25, -0.2) is 4.39 Å².